The summed E-state index contributed by atoms with van der Waals surface area (Å²) in [7, 11) is 0. The zero-order chi connectivity index (χ0) is 22.4. The second-order valence-corrected chi connectivity index (χ2v) is 9.43. The van der Waals surface area contributed by atoms with Gasteiger partial charge >= 0.3 is 0 Å². The minimum atomic E-state index is 0.134. The summed E-state index contributed by atoms with van der Waals surface area (Å²) in [5, 5.41) is 1.90. The van der Waals surface area contributed by atoms with E-state index in [9.17, 15) is 0 Å². The van der Waals surface area contributed by atoms with Gasteiger partial charge in [-0.3, -0.25) is 4.90 Å². The second-order valence-electron chi connectivity index (χ2n) is 6.80. The van der Waals surface area contributed by atoms with E-state index in [0.717, 1.165) is 38.4 Å². The Balaban J connectivity index is 1.46. The molecule has 0 aromatic heterocycles. The van der Waals surface area contributed by atoms with Crippen molar-refractivity contribution in [3.63, 3.8) is 0 Å². The predicted molar refractivity (Wildman–Crippen MR) is 132 cm³/mol. The quantitative estimate of drug-likeness (QED) is 0.351. The normalized spacial score (nSPS) is 14.5. The van der Waals surface area contributed by atoms with Crippen LogP contribution in [0.15, 0.2) is 40.9 Å². The summed E-state index contributed by atoms with van der Waals surface area (Å²) < 4.78 is 11.5. The lowest BCUT2D eigenvalue weighted by atomic mass is 10.2. The Morgan fingerprint density at radius 2 is 1.52 bits per heavy atom. The Labute approximate surface area is 212 Å². The smallest absolute Gasteiger partial charge is 0.156 e. The van der Waals surface area contributed by atoms with Gasteiger partial charge in [0.05, 0.1) is 20.1 Å². The molecule has 0 radical (unpaired) electrons. The summed E-state index contributed by atoms with van der Waals surface area (Å²) in [6.45, 7) is 5.06. The van der Waals surface area contributed by atoms with Crippen molar-refractivity contribution in [1.29, 1.82) is 0 Å². The maximum atomic E-state index is 6.31. The van der Waals surface area contributed by atoms with Gasteiger partial charge in [0.25, 0.3) is 0 Å². The van der Waals surface area contributed by atoms with Crippen molar-refractivity contribution in [2.45, 2.75) is 0 Å². The van der Waals surface area contributed by atoms with E-state index in [1.54, 1.807) is 12.1 Å². The molecule has 0 bridgehead atoms. The third-order valence-corrected chi connectivity index (χ3v) is 6.36. The molecule has 0 saturated carbocycles. The maximum Gasteiger partial charge on any atom is 0.156 e. The predicted octanol–water partition coefficient (Wildman–Crippen LogP) is 7.20. The highest BCUT2D eigenvalue weighted by molar-refractivity contribution is 6.55. The standard InChI is InChI=1S/C21H20Cl6N2O2/c22-16-2-1-14(11-17(16)23)29-6-4-28(5-7-29)8-10-31-21-18(24)12-15(13-19(21)25)30-9-3-20(26)27/h1-3,11-13H,4-10H2. The number of nitrogens with zero attached hydrogens (tertiary/aromatic N) is 2. The highest BCUT2D eigenvalue weighted by Crippen LogP contribution is 2.37. The zero-order valence-corrected chi connectivity index (χ0v) is 20.9. The number of rotatable bonds is 8. The Hall–Kier alpha value is -0.720. The van der Waals surface area contributed by atoms with E-state index in [1.807, 2.05) is 18.2 Å². The first-order valence-corrected chi connectivity index (χ1v) is 11.8. The third kappa shape index (κ3) is 7.40. The number of piperazine rings is 1. The van der Waals surface area contributed by atoms with E-state index in [1.165, 1.54) is 6.08 Å². The van der Waals surface area contributed by atoms with E-state index in [4.69, 9.17) is 79.1 Å². The molecule has 1 saturated heterocycles. The van der Waals surface area contributed by atoms with Gasteiger partial charge in [0, 0.05) is 50.5 Å². The lowest BCUT2D eigenvalue weighted by Crippen LogP contribution is -2.47. The molecule has 2 aromatic carbocycles. The first-order chi connectivity index (χ1) is 14.8. The van der Waals surface area contributed by atoms with E-state index in [0.29, 0.717) is 38.2 Å². The summed E-state index contributed by atoms with van der Waals surface area (Å²) in [5.74, 6) is 0.947. The first-order valence-electron chi connectivity index (χ1n) is 9.51. The number of halogens is 6. The highest BCUT2D eigenvalue weighted by Gasteiger charge is 2.18. The molecule has 0 atom stereocenters. The molecule has 31 heavy (non-hydrogen) atoms. The highest BCUT2D eigenvalue weighted by atomic mass is 35.5. The molecule has 0 unspecified atom stereocenters. The molecule has 3 rings (SSSR count). The summed E-state index contributed by atoms with van der Waals surface area (Å²) in [6, 6.07) is 9.02. The monoisotopic (exact) mass is 542 g/mol. The van der Waals surface area contributed by atoms with Gasteiger partial charge in [0.1, 0.15) is 23.5 Å². The Morgan fingerprint density at radius 1 is 0.839 bits per heavy atom. The Kier molecular flexibility index (Phi) is 9.60. The van der Waals surface area contributed by atoms with Crippen LogP contribution in [-0.4, -0.2) is 50.8 Å². The second kappa shape index (κ2) is 11.9. The van der Waals surface area contributed by atoms with Crippen LogP contribution in [0.25, 0.3) is 0 Å². The van der Waals surface area contributed by atoms with Crippen molar-refractivity contribution >= 4 is 75.3 Å². The van der Waals surface area contributed by atoms with Gasteiger partial charge in [-0.2, -0.15) is 0 Å². The first kappa shape index (κ1) is 24.9. The molecule has 1 fully saturated rings. The molecule has 1 heterocycles. The van der Waals surface area contributed by atoms with Gasteiger partial charge in [0.15, 0.2) is 5.75 Å². The van der Waals surface area contributed by atoms with E-state index >= 15 is 0 Å². The van der Waals surface area contributed by atoms with Crippen molar-refractivity contribution in [2.24, 2.45) is 0 Å². The van der Waals surface area contributed by atoms with Crippen molar-refractivity contribution < 1.29 is 9.47 Å². The average molecular weight is 545 g/mol. The van der Waals surface area contributed by atoms with E-state index < -0.39 is 0 Å². The van der Waals surface area contributed by atoms with Crippen LogP contribution in [0.2, 0.25) is 20.1 Å². The maximum absolute atomic E-state index is 6.31. The van der Waals surface area contributed by atoms with E-state index in [-0.39, 0.29) is 11.1 Å². The topological polar surface area (TPSA) is 24.9 Å². The summed E-state index contributed by atoms with van der Waals surface area (Å²) in [4.78, 5) is 4.62. The molecule has 0 amide bonds. The molecule has 4 nitrogen and oxygen atoms in total. The van der Waals surface area contributed by atoms with Gasteiger partial charge in [-0.25, -0.2) is 0 Å². The lowest BCUT2D eigenvalue weighted by Gasteiger charge is -2.36. The number of benzene rings is 2. The summed E-state index contributed by atoms with van der Waals surface area (Å²) >= 11 is 35.9. The van der Waals surface area contributed by atoms with Crippen LogP contribution in [0.4, 0.5) is 5.69 Å². The molecule has 0 N–H and O–H groups in total. The van der Waals surface area contributed by atoms with Crippen molar-refractivity contribution in [2.75, 3.05) is 50.8 Å². The minimum absolute atomic E-state index is 0.134. The molecule has 0 spiro atoms. The Bertz CT molecular complexity index is 905. The summed E-state index contributed by atoms with van der Waals surface area (Å²) in [5.41, 5.74) is 1.08. The van der Waals surface area contributed by atoms with Crippen LogP contribution in [0.1, 0.15) is 0 Å². The number of anilines is 1. The van der Waals surface area contributed by atoms with Crippen LogP contribution in [0, 0.1) is 0 Å². The van der Waals surface area contributed by atoms with Crippen LogP contribution in [-0.2, 0) is 0 Å². The van der Waals surface area contributed by atoms with Crippen molar-refractivity contribution in [3.05, 3.63) is 61.0 Å². The molecule has 168 valence electrons. The third-order valence-electron chi connectivity index (χ3n) is 4.75. The molecule has 1 aliphatic rings. The minimum Gasteiger partial charge on any atom is -0.489 e. The largest absolute Gasteiger partial charge is 0.489 e. The summed E-state index contributed by atoms with van der Waals surface area (Å²) in [6.07, 6.45) is 1.52. The number of hydrogen-bond acceptors (Lipinski definition) is 4. The number of hydrogen-bond donors (Lipinski definition) is 0. The van der Waals surface area contributed by atoms with Crippen molar-refractivity contribution in [3.8, 4) is 11.5 Å². The Morgan fingerprint density at radius 3 is 2.13 bits per heavy atom. The van der Waals surface area contributed by atoms with E-state index in [2.05, 4.69) is 9.80 Å². The average Bonchev–Trinajstić information content (AvgIpc) is 2.72. The molecule has 1 aliphatic heterocycles. The molecule has 0 aliphatic carbocycles. The zero-order valence-electron chi connectivity index (χ0n) is 16.4. The van der Waals surface area contributed by atoms with Gasteiger partial charge in [-0.15, -0.1) is 0 Å². The van der Waals surface area contributed by atoms with Gasteiger partial charge < -0.3 is 14.4 Å². The van der Waals surface area contributed by atoms with Crippen LogP contribution >= 0.6 is 69.6 Å². The fourth-order valence-corrected chi connectivity index (χ4v) is 4.14. The van der Waals surface area contributed by atoms with Crippen LogP contribution in [0.3, 0.4) is 0 Å². The van der Waals surface area contributed by atoms with Crippen molar-refractivity contribution in [1.82, 2.24) is 4.90 Å². The van der Waals surface area contributed by atoms with Gasteiger partial charge in [-0.05, 0) is 24.3 Å². The molecular formula is C21H20Cl6N2O2. The lowest BCUT2D eigenvalue weighted by molar-refractivity contribution is 0.200. The SMILES string of the molecule is ClC(Cl)=CCOc1cc(Cl)c(OCCN2CCN(c3ccc(Cl)c(Cl)c3)CC2)c(Cl)c1. The van der Waals surface area contributed by atoms with Gasteiger partial charge in [-0.1, -0.05) is 69.6 Å². The number of ether oxygens (including phenoxy) is 2. The molecule has 2 aromatic rings. The fraction of sp³-hybridized carbons (Fsp3) is 0.333. The molecule has 10 heteroatoms. The van der Waals surface area contributed by atoms with Crippen LogP contribution in [0.5, 0.6) is 11.5 Å². The van der Waals surface area contributed by atoms with Crippen LogP contribution < -0.4 is 14.4 Å². The fourth-order valence-electron chi connectivity index (χ4n) is 3.15. The van der Waals surface area contributed by atoms with Gasteiger partial charge in [0.2, 0.25) is 0 Å². The molecular weight excluding hydrogens is 525 g/mol.